The van der Waals surface area contributed by atoms with E-state index in [0.717, 1.165) is 55.2 Å². The van der Waals surface area contributed by atoms with Gasteiger partial charge in [-0.2, -0.15) is 9.97 Å². The molecule has 0 aliphatic carbocycles. The predicted octanol–water partition coefficient (Wildman–Crippen LogP) is -12.8. The zero-order valence-electron chi connectivity index (χ0n) is 35.5. The van der Waals surface area contributed by atoms with Gasteiger partial charge in [-0.3, -0.25) is 4.57 Å². The van der Waals surface area contributed by atoms with Crippen molar-refractivity contribution in [3.05, 3.63) is 66.7 Å². The molecule has 3 heterocycles. The van der Waals surface area contributed by atoms with E-state index in [9.17, 15) is 0 Å². The Bertz CT molecular complexity index is 3130. The molecule has 6 aromatic carbocycles. The second kappa shape index (κ2) is 13.4. The van der Waals surface area contributed by atoms with E-state index in [4.69, 9.17) is 19.4 Å². The molecule has 0 saturated carbocycles. The van der Waals surface area contributed by atoms with Crippen molar-refractivity contribution in [1.29, 1.82) is 0 Å². The van der Waals surface area contributed by atoms with Gasteiger partial charge < -0.3 is 4.42 Å². The minimum absolute atomic E-state index is 0.613. The quantitative estimate of drug-likeness (QED) is 0.170. The van der Waals surface area contributed by atoms with Crippen LogP contribution < -0.4 is 71.0 Å². The summed E-state index contributed by atoms with van der Waals surface area (Å²) in [5, 5.41) is 4.74. The van der Waals surface area contributed by atoms with Crippen molar-refractivity contribution < 1.29 is 4.42 Å². The highest BCUT2D eigenvalue weighted by Crippen LogP contribution is 2.38. The van der Waals surface area contributed by atoms with Gasteiger partial charge >= 0.3 is 0 Å². The number of benzene rings is 6. The molecule has 0 N–H and O–H groups in total. The Morgan fingerprint density at radius 3 is 1.53 bits per heavy atom. The largest absolute Gasteiger partial charge is 0.456 e. The summed E-state index contributed by atoms with van der Waals surface area (Å²) in [6.07, 6.45) is 0. The van der Waals surface area contributed by atoms with Crippen molar-refractivity contribution in [3.8, 4) is 39.9 Å². The van der Waals surface area contributed by atoms with E-state index in [1.54, 1.807) is 0 Å². The van der Waals surface area contributed by atoms with Gasteiger partial charge in [0.15, 0.2) is 11.6 Å². The maximum Gasteiger partial charge on any atom is 0.238 e. The van der Waals surface area contributed by atoms with Crippen LogP contribution in [0.3, 0.4) is 0 Å². The molecule has 18 heteroatoms. The van der Waals surface area contributed by atoms with Crippen LogP contribution in [-0.2, 0) is 0 Å². The molecule has 0 amide bonds. The Kier molecular flexibility index (Phi) is 8.80. The standard InChI is InChI=1S/C39H37B13N4O/c40-22-19-20-23(41)27(45)32(50)34(52)36(20)56(35(19)33(51)31(49)26(22)44)39-54-37(53-38(55-39)21-24(42)28(46)30(48)29(47)25(21)43)13-9-10-15-17(11-13)57-16-8-4-7-14(18(15)16)12-5-2-1-3-6-12/h1-11H,40-52H2. The number of fused-ring (bicyclic) bond motifs is 6. The summed E-state index contributed by atoms with van der Waals surface area (Å²) in [5.74, 6) is 1.91. The van der Waals surface area contributed by atoms with Crippen LogP contribution in [0.25, 0.3) is 83.6 Å². The topological polar surface area (TPSA) is 56.7 Å². The molecule has 0 unspecified atom stereocenters. The highest BCUT2D eigenvalue weighted by molar-refractivity contribution is 6.72. The molecule has 9 aromatic rings. The second-order valence-corrected chi connectivity index (χ2v) is 16.4. The predicted molar refractivity (Wildman–Crippen MR) is 284 cm³/mol. The first-order valence-electron chi connectivity index (χ1n) is 20.1. The van der Waals surface area contributed by atoms with E-state index in [-0.39, 0.29) is 0 Å². The number of hydrogen-bond acceptors (Lipinski definition) is 4. The average Bonchev–Trinajstić information content (AvgIpc) is 3.79. The van der Waals surface area contributed by atoms with Crippen LogP contribution in [0.5, 0.6) is 0 Å². The van der Waals surface area contributed by atoms with Crippen LogP contribution in [0.2, 0.25) is 0 Å². The summed E-state index contributed by atoms with van der Waals surface area (Å²) < 4.78 is 8.98. The van der Waals surface area contributed by atoms with Crippen LogP contribution in [0.4, 0.5) is 0 Å². The molecule has 9 rings (SSSR count). The van der Waals surface area contributed by atoms with E-state index in [1.165, 1.54) is 81.8 Å². The summed E-state index contributed by atoms with van der Waals surface area (Å²) in [5.41, 5.74) is 24.8. The second-order valence-electron chi connectivity index (χ2n) is 16.4. The third kappa shape index (κ3) is 5.38. The van der Waals surface area contributed by atoms with Gasteiger partial charge in [-0.05, 0) is 40.1 Å². The van der Waals surface area contributed by atoms with Gasteiger partial charge in [0.05, 0.1) is 0 Å². The van der Waals surface area contributed by atoms with Crippen molar-refractivity contribution in [2.24, 2.45) is 0 Å². The van der Waals surface area contributed by atoms with E-state index in [0.29, 0.717) is 17.6 Å². The number of nitrogens with zero attached hydrogens (tertiary/aromatic N) is 4. The summed E-state index contributed by atoms with van der Waals surface area (Å²) >= 11 is 0. The molecule has 57 heavy (non-hydrogen) atoms. The Labute approximate surface area is 345 Å². The highest BCUT2D eigenvalue weighted by atomic mass is 16.3. The Hall–Kier alpha value is -5.23. The lowest BCUT2D eigenvalue weighted by atomic mass is 9.60. The van der Waals surface area contributed by atoms with Gasteiger partial charge in [0.2, 0.25) is 5.95 Å². The fraction of sp³-hybridized carbons (Fsp3) is 0. The summed E-state index contributed by atoms with van der Waals surface area (Å²) in [6.45, 7) is 0. The highest BCUT2D eigenvalue weighted by Gasteiger charge is 2.26. The minimum atomic E-state index is 0.613. The molecule has 0 atom stereocenters. The summed E-state index contributed by atoms with van der Waals surface area (Å²) in [7, 11) is 29.1. The van der Waals surface area contributed by atoms with Gasteiger partial charge in [0, 0.05) is 32.9 Å². The molecule has 0 radical (unpaired) electrons. The Morgan fingerprint density at radius 1 is 0.404 bits per heavy atom. The maximum atomic E-state index is 6.62. The molecule has 0 aliphatic heterocycles. The van der Waals surface area contributed by atoms with Crippen LogP contribution in [0.1, 0.15) is 0 Å². The number of rotatable bonds is 4. The smallest absolute Gasteiger partial charge is 0.238 e. The van der Waals surface area contributed by atoms with Crippen molar-refractivity contribution in [1.82, 2.24) is 19.5 Å². The van der Waals surface area contributed by atoms with E-state index in [1.807, 2.05) is 0 Å². The molecule has 0 fully saturated rings. The average molecular weight is 718 g/mol. The third-order valence-corrected chi connectivity index (χ3v) is 13.9. The molecular formula is C39H37B13N4O. The molecule has 258 valence electrons. The molecule has 5 nitrogen and oxygen atoms in total. The van der Waals surface area contributed by atoms with E-state index >= 15 is 0 Å². The van der Waals surface area contributed by atoms with E-state index in [2.05, 4.69) is 173 Å². The van der Waals surface area contributed by atoms with Crippen molar-refractivity contribution in [2.75, 3.05) is 0 Å². The molecule has 0 bridgehead atoms. The van der Waals surface area contributed by atoms with Crippen LogP contribution in [0, 0.1) is 0 Å². The molecule has 0 spiro atoms. The number of aromatic nitrogens is 4. The molecular weight excluding hydrogens is 681 g/mol. The van der Waals surface area contributed by atoms with Crippen LogP contribution >= 0.6 is 0 Å². The van der Waals surface area contributed by atoms with Crippen molar-refractivity contribution >= 4 is 217 Å². The first-order chi connectivity index (χ1) is 27.2. The molecule has 0 saturated heterocycles. The van der Waals surface area contributed by atoms with Crippen LogP contribution in [0.15, 0.2) is 71.1 Å². The van der Waals surface area contributed by atoms with Crippen molar-refractivity contribution in [2.45, 2.75) is 0 Å². The SMILES string of the molecule is Bc1c(B)c(B)c(-c2nc(-c3ccc4c(c3)oc3cccc(-c5ccccc5)c34)nc(-n3c4c(B)c(B)c(B)c(B)c4c4c(B)c(B)c(B)c(B)c43)n2)c(B)c1B. The van der Waals surface area contributed by atoms with Gasteiger partial charge in [0.25, 0.3) is 0 Å². The fourth-order valence-electron chi connectivity index (χ4n) is 9.43. The van der Waals surface area contributed by atoms with Crippen molar-refractivity contribution in [3.63, 3.8) is 0 Å². The number of hydrogen-bond donors (Lipinski definition) is 0. The zero-order chi connectivity index (χ0) is 40.3. The molecule has 0 aliphatic rings. The van der Waals surface area contributed by atoms with E-state index < -0.39 is 0 Å². The zero-order valence-corrected chi connectivity index (χ0v) is 35.5. The first-order valence-corrected chi connectivity index (χ1v) is 20.1. The Balaban J connectivity index is 1.41. The van der Waals surface area contributed by atoms with Gasteiger partial charge in [0.1, 0.15) is 113 Å². The lowest BCUT2D eigenvalue weighted by Crippen LogP contribution is -2.55. The fourth-order valence-corrected chi connectivity index (χ4v) is 9.43. The Morgan fingerprint density at radius 2 is 0.930 bits per heavy atom. The molecule has 3 aromatic heterocycles. The third-order valence-electron chi connectivity index (χ3n) is 13.9. The number of furan rings is 1. The van der Waals surface area contributed by atoms with Crippen LogP contribution in [-0.4, -0.2) is 122 Å². The van der Waals surface area contributed by atoms with Gasteiger partial charge in [-0.1, -0.05) is 92.2 Å². The van der Waals surface area contributed by atoms with Gasteiger partial charge in [-0.15, -0.1) is 27.3 Å². The normalized spacial score (nSPS) is 11.7. The van der Waals surface area contributed by atoms with Gasteiger partial charge in [-0.25, -0.2) is 4.98 Å². The minimum Gasteiger partial charge on any atom is -0.456 e. The first kappa shape index (κ1) is 37.4. The summed E-state index contributed by atoms with van der Waals surface area (Å²) in [6, 6.07) is 23.2. The maximum absolute atomic E-state index is 6.62. The lowest BCUT2D eigenvalue weighted by molar-refractivity contribution is 0.669. The lowest BCUT2D eigenvalue weighted by Gasteiger charge is -2.21. The monoisotopic (exact) mass is 720 g/mol. The summed E-state index contributed by atoms with van der Waals surface area (Å²) in [4.78, 5) is 16.3.